The summed E-state index contributed by atoms with van der Waals surface area (Å²) < 4.78 is 0. The molecule has 0 fully saturated rings. The van der Waals surface area contributed by atoms with Gasteiger partial charge in [0.1, 0.15) is 0 Å². The third-order valence-corrected chi connectivity index (χ3v) is 3.85. The van der Waals surface area contributed by atoms with Crippen LogP contribution in [-0.4, -0.2) is 23.1 Å². The zero-order valence-electron chi connectivity index (χ0n) is 13.6. The first kappa shape index (κ1) is 17.9. The van der Waals surface area contributed by atoms with Gasteiger partial charge in [-0.1, -0.05) is 31.0 Å². The lowest BCUT2D eigenvalue weighted by Gasteiger charge is -2.27. The van der Waals surface area contributed by atoms with E-state index >= 15 is 0 Å². The van der Waals surface area contributed by atoms with E-state index in [0.29, 0.717) is 18.9 Å². The van der Waals surface area contributed by atoms with Crippen molar-refractivity contribution in [3.05, 3.63) is 52.3 Å². The van der Waals surface area contributed by atoms with Crippen molar-refractivity contribution in [3.63, 3.8) is 0 Å². The Morgan fingerprint density at radius 2 is 1.92 bits per heavy atom. The topological polar surface area (TPSA) is 132 Å². The van der Waals surface area contributed by atoms with E-state index in [9.17, 15) is 10.1 Å². The number of hydrogen-bond donors (Lipinski definition) is 4. The van der Waals surface area contributed by atoms with Gasteiger partial charge in [-0.05, 0) is 37.9 Å². The van der Waals surface area contributed by atoms with E-state index in [1.165, 1.54) is 6.20 Å². The van der Waals surface area contributed by atoms with Crippen LogP contribution in [0, 0.1) is 10.1 Å². The molecular weight excluding hydrogens is 308 g/mol. The van der Waals surface area contributed by atoms with Crippen LogP contribution in [0.4, 0.5) is 5.69 Å². The number of nitrogens with zero attached hydrogens (tertiary/aromatic N) is 2. The number of nitro groups is 1. The number of nitrogens with two attached hydrogens (primary N) is 2. The summed E-state index contributed by atoms with van der Waals surface area (Å²) in [7, 11) is 0. The van der Waals surface area contributed by atoms with Crippen molar-refractivity contribution in [1.29, 1.82) is 0 Å². The number of hydrogen-bond acceptors (Lipinski definition) is 7. The van der Waals surface area contributed by atoms with Crippen LogP contribution in [0.3, 0.4) is 0 Å². The monoisotopic (exact) mass is 332 g/mol. The smallest absolute Gasteiger partial charge is 0.303 e. The van der Waals surface area contributed by atoms with Crippen molar-refractivity contribution in [2.75, 3.05) is 11.9 Å². The highest BCUT2D eigenvalue weighted by molar-refractivity contribution is 5.95. The second-order valence-electron chi connectivity index (χ2n) is 5.76. The standard InChI is InChI=1S/C16H24N6O2/c17-11-7-2-1-6-10-16(18)14(22(23)24)12-19-15(21-16)20-13-8-4-3-5-9-13/h3-5,8-9,12H,1-2,6-7,10-11,17-18H2,(H2,19,20,21). The lowest BCUT2D eigenvalue weighted by Crippen LogP contribution is -2.49. The molecule has 0 saturated carbocycles. The molecule has 1 heterocycles. The summed E-state index contributed by atoms with van der Waals surface area (Å²) in [4.78, 5) is 15.2. The van der Waals surface area contributed by atoms with Gasteiger partial charge in [0.2, 0.25) is 11.6 Å². The van der Waals surface area contributed by atoms with Gasteiger partial charge in [0.25, 0.3) is 0 Å². The number of benzene rings is 1. The van der Waals surface area contributed by atoms with E-state index in [4.69, 9.17) is 11.5 Å². The molecule has 6 N–H and O–H groups in total. The average Bonchev–Trinajstić information content (AvgIpc) is 2.55. The van der Waals surface area contributed by atoms with Crippen LogP contribution >= 0.6 is 0 Å². The molecule has 1 aromatic rings. The minimum absolute atomic E-state index is 0.125. The van der Waals surface area contributed by atoms with Crippen LogP contribution in [0.2, 0.25) is 0 Å². The molecular formula is C16H24N6O2. The fraction of sp³-hybridized carbons (Fsp3) is 0.438. The van der Waals surface area contributed by atoms with E-state index in [1.54, 1.807) is 0 Å². The molecule has 0 aliphatic carbocycles. The Balaban J connectivity index is 2.07. The van der Waals surface area contributed by atoms with Crippen molar-refractivity contribution < 1.29 is 4.92 Å². The minimum Gasteiger partial charge on any atom is -0.330 e. The SMILES string of the molecule is NCCCCCCC1(N)N=C(Nc2ccccc2)NC=C1[N+](=O)[O-]. The Hall–Kier alpha value is -2.45. The third kappa shape index (κ3) is 4.77. The fourth-order valence-electron chi connectivity index (χ4n) is 2.56. The van der Waals surface area contributed by atoms with Crippen molar-refractivity contribution in [2.24, 2.45) is 16.5 Å². The summed E-state index contributed by atoms with van der Waals surface area (Å²) in [5.74, 6) is 0.399. The summed E-state index contributed by atoms with van der Waals surface area (Å²) in [5.41, 5.74) is 11.1. The van der Waals surface area contributed by atoms with Crippen LogP contribution in [0.25, 0.3) is 0 Å². The molecule has 2 rings (SSSR count). The number of nitrogens with one attached hydrogen (secondary N) is 2. The molecule has 130 valence electrons. The predicted octanol–water partition coefficient (Wildman–Crippen LogP) is 1.74. The van der Waals surface area contributed by atoms with E-state index in [-0.39, 0.29) is 5.70 Å². The molecule has 24 heavy (non-hydrogen) atoms. The van der Waals surface area contributed by atoms with Crippen LogP contribution in [0.15, 0.2) is 47.2 Å². The molecule has 8 nitrogen and oxygen atoms in total. The summed E-state index contributed by atoms with van der Waals surface area (Å²) in [6.07, 6.45) is 5.34. The van der Waals surface area contributed by atoms with Crippen molar-refractivity contribution >= 4 is 11.6 Å². The highest BCUT2D eigenvalue weighted by Crippen LogP contribution is 2.26. The summed E-state index contributed by atoms with van der Waals surface area (Å²) in [5, 5.41) is 17.2. The Labute approximate surface area is 141 Å². The van der Waals surface area contributed by atoms with Gasteiger partial charge in [0, 0.05) is 5.69 Å². The van der Waals surface area contributed by atoms with E-state index < -0.39 is 10.6 Å². The summed E-state index contributed by atoms with van der Waals surface area (Å²) in [6.45, 7) is 0.654. The molecule has 8 heteroatoms. The Morgan fingerprint density at radius 3 is 2.58 bits per heavy atom. The number of guanidine groups is 1. The predicted molar refractivity (Wildman–Crippen MR) is 94.8 cm³/mol. The maximum atomic E-state index is 11.3. The van der Waals surface area contributed by atoms with Crippen molar-refractivity contribution in [2.45, 2.75) is 37.8 Å². The molecule has 1 aromatic carbocycles. The van der Waals surface area contributed by atoms with Gasteiger partial charge in [0.15, 0.2) is 0 Å². The van der Waals surface area contributed by atoms with Gasteiger partial charge < -0.3 is 16.4 Å². The normalized spacial score (nSPS) is 19.9. The summed E-state index contributed by atoms with van der Waals surface area (Å²) in [6, 6.07) is 9.43. The molecule has 1 aliphatic rings. The van der Waals surface area contributed by atoms with Gasteiger partial charge in [-0.2, -0.15) is 0 Å². The molecule has 1 atom stereocenters. The van der Waals surface area contributed by atoms with Crippen molar-refractivity contribution in [1.82, 2.24) is 5.32 Å². The molecule has 1 aliphatic heterocycles. The zero-order valence-corrected chi connectivity index (χ0v) is 13.6. The number of para-hydroxylation sites is 1. The molecule has 0 aromatic heterocycles. The Kier molecular flexibility index (Phi) is 6.28. The van der Waals surface area contributed by atoms with Crippen LogP contribution in [0.1, 0.15) is 32.1 Å². The first-order chi connectivity index (χ1) is 11.5. The largest absolute Gasteiger partial charge is 0.330 e. The Morgan fingerprint density at radius 1 is 1.21 bits per heavy atom. The van der Waals surface area contributed by atoms with Gasteiger partial charge in [-0.25, -0.2) is 4.99 Å². The number of aliphatic imine (C=N–C) groups is 1. The van der Waals surface area contributed by atoms with Gasteiger partial charge in [0.05, 0.1) is 11.1 Å². The average molecular weight is 332 g/mol. The second-order valence-corrected chi connectivity index (χ2v) is 5.76. The zero-order chi connectivity index (χ0) is 17.4. The lowest BCUT2D eigenvalue weighted by molar-refractivity contribution is -0.435. The maximum absolute atomic E-state index is 11.3. The first-order valence-corrected chi connectivity index (χ1v) is 8.07. The molecule has 0 bridgehead atoms. The molecule has 0 spiro atoms. The van der Waals surface area contributed by atoms with Crippen LogP contribution in [-0.2, 0) is 0 Å². The molecule has 0 radical (unpaired) electrons. The van der Waals surface area contributed by atoms with E-state index in [2.05, 4.69) is 15.6 Å². The first-order valence-electron chi connectivity index (χ1n) is 8.07. The second kappa shape index (κ2) is 8.42. The van der Waals surface area contributed by atoms with Gasteiger partial charge in [-0.15, -0.1) is 0 Å². The van der Waals surface area contributed by atoms with E-state index in [0.717, 1.165) is 31.4 Å². The molecule has 1 unspecified atom stereocenters. The number of rotatable bonds is 8. The highest BCUT2D eigenvalue weighted by atomic mass is 16.6. The van der Waals surface area contributed by atoms with Crippen LogP contribution < -0.4 is 22.1 Å². The quantitative estimate of drug-likeness (QED) is 0.326. The summed E-state index contributed by atoms with van der Waals surface area (Å²) >= 11 is 0. The number of unbranched alkanes of at least 4 members (excludes halogenated alkanes) is 3. The fourth-order valence-corrected chi connectivity index (χ4v) is 2.56. The maximum Gasteiger partial charge on any atom is 0.303 e. The third-order valence-electron chi connectivity index (χ3n) is 3.85. The minimum atomic E-state index is -1.34. The van der Waals surface area contributed by atoms with Crippen molar-refractivity contribution in [3.8, 4) is 0 Å². The van der Waals surface area contributed by atoms with Gasteiger partial charge >= 0.3 is 5.70 Å². The van der Waals surface area contributed by atoms with Gasteiger partial charge in [-0.3, -0.25) is 15.8 Å². The molecule has 0 amide bonds. The number of anilines is 1. The lowest BCUT2D eigenvalue weighted by atomic mass is 9.98. The molecule has 0 saturated heterocycles. The Bertz CT molecular complexity index is 616. The highest BCUT2D eigenvalue weighted by Gasteiger charge is 2.41. The van der Waals surface area contributed by atoms with E-state index in [1.807, 2.05) is 30.3 Å². The van der Waals surface area contributed by atoms with Crippen LogP contribution in [0.5, 0.6) is 0 Å².